The lowest BCUT2D eigenvalue weighted by Crippen LogP contribution is -2.24. The second kappa shape index (κ2) is 8.04. The monoisotopic (exact) mass is 361 g/mol. The van der Waals surface area contributed by atoms with Gasteiger partial charge in [-0.15, -0.1) is 0 Å². The molecular formula is C20H21Cl2NO. The third kappa shape index (κ3) is 4.52. The van der Waals surface area contributed by atoms with Crippen molar-refractivity contribution in [3.63, 3.8) is 0 Å². The van der Waals surface area contributed by atoms with Crippen molar-refractivity contribution in [1.29, 1.82) is 0 Å². The van der Waals surface area contributed by atoms with Crippen molar-refractivity contribution in [2.24, 2.45) is 0 Å². The molecule has 2 aromatic carbocycles. The van der Waals surface area contributed by atoms with Crippen LogP contribution < -0.4 is 5.32 Å². The molecule has 1 aliphatic rings. The summed E-state index contributed by atoms with van der Waals surface area (Å²) in [5, 5.41) is 3.93. The third-order valence-corrected chi connectivity index (χ3v) is 5.38. The molecule has 1 fully saturated rings. The molecule has 0 spiro atoms. The summed E-state index contributed by atoms with van der Waals surface area (Å²) in [5.74, 6) is 0.705. The molecular weight excluding hydrogens is 341 g/mol. The van der Waals surface area contributed by atoms with Crippen LogP contribution in [0.15, 0.2) is 42.5 Å². The van der Waals surface area contributed by atoms with E-state index in [1.54, 1.807) is 12.1 Å². The van der Waals surface area contributed by atoms with Crippen molar-refractivity contribution >= 4 is 29.1 Å². The number of hydrogen-bond donors (Lipinski definition) is 1. The van der Waals surface area contributed by atoms with E-state index >= 15 is 0 Å². The number of rotatable bonds is 5. The Bertz CT molecular complexity index is 706. The summed E-state index contributed by atoms with van der Waals surface area (Å²) in [4.78, 5) is 12.1. The Morgan fingerprint density at radius 2 is 1.62 bits per heavy atom. The van der Waals surface area contributed by atoms with Crippen molar-refractivity contribution in [1.82, 2.24) is 5.32 Å². The maximum absolute atomic E-state index is 12.1. The lowest BCUT2D eigenvalue weighted by atomic mass is 9.97. The molecule has 1 N–H and O–H groups in total. The highest BCUT2D eigenvalue weighted by molar-refractivity contribution is 6.42. The minimum atomic E-state index is -0.0201. The highest BCUT2D eigenvalue weighted by Gasteiger charge is 2.16. The number of nitrogens with one attached hydrogen (secondary N) is 1. The van der Waals surface area contributed by atoms with Crippen molar-refractivity contribution in [3.8, 4) is 0 Å². The normalized spacial score (nSPS) is 14.8. The number of benzene rings is 2. The molecule has 0 unspecified atom stereocenters. The van der Waals surface area contributed by atoms with Gasteiger partial charge in [0, 0.05) is 6.54 Å². The van der Waals surface area contributed by atoms with E-state index in [4.69, 9.17) is 23.2 Å². The molecule has 1 aliphatic carbocycles. The predicted octanol–water partition coefficient (Wildman–Crippen LogP) is 5.51. The molecule has 1 saturated carbocycles. The number of hydrogen-bond acceptors (Lipinski definition) is 1. The van der Waals surface area contributed by atoms with E-state index in [0.29, 0.717) is 23.0 Å². The summed E-state index contributed by atoms with van der Waals surface area (Å²) in [6.07, 6.45) is 5.60. The van der Waals surface area contributed by atoms with Crippen LogP contribution in [0.25, 0.3) is 0 Å². The van der Waals surface area contributed by atoms with Gasteiger partial charge in [-0.3, -0.25) is 4.79 Å². The average molecular weight is 362 g/mol. The maximum Gasteiger partial charge on any atom is 0.224 e. The Morgan fingerprint density at radius 1 is 0.958 bits per heavy atom. The molecule has 0 atom stereocenters. The highest BCUT2D eigenvalue weighted by Crippen LogP contribution is 2.33. The van der Waals surface area contributed by atoms with Crippen molar-refractivity contribution in [3.05, 3.63) is 69.2 Å². The fourth-order valence-corrected chi connectivity index (χ4v) is 3.59. The van der Waals surface area contributed by atoms with Gasteiger partial charge < -0.3 is 5.32 Å². The van der Waals surface area contributed by atoms with Gasteiger partial charge in [0.05, 0.1) is 16.5 Å². The standard InChI is InChI=1S/C20H21Cl2NO/c21-18-10-7-15(11-19(18)22)12-20(24)23-13-14-5-8-17(9-6-14)16-3-1-2-4-16/h5-11,16H,1-4,12-13H2,(H,23,24). The molecule has 2 aromatic rings. The number of carbonyl (C=O) groups is 1. The third-order valence-electron chi connectivity index (χ3n) is 4.64. The summed E-state index contributed by atoms with van der Waals surface area (Å²) in [7, 11) is 0. The fraction of sp³-hybridized carbons (Fsp3) is 0.350. The fourth-order valence-electron chi connectivity index (χ4n) is 3.26. The smallest absolute Gasteiger partial charge is 0.224 e. The Kier molecular flexibility index (Phi) is 5.80. The Labute approximate surface area is 153 Å². The van der Waals surface area contributed by atoms with Gasteiger partial charge in [-0.1, -0.05) is 66.4 Å². The van der Waals surface area contributed by atoms with Crippen LogP contribution in [0.5, 0.6) is 0 Å². The van der Waals surface area contributed by atoms with Crippen LogP contribution in [0.4, 0.5) is 0 Å². The molecule has 2 nitrogen and oxygen atoms in total. The Morgan fingerprint density at radius 3 is 2.29 bits per heavy atom. The molecule has 3 rings (SSSR count). The number of carbonyl (C=O) groups excluding carboxylic acids is 1. The molecule has 4 heteroatoms. The Balaban J connectivity index is 1.51. The quantitative estimate of drug-likeness (QED) is 0.747. The van der Waals surface area contributed by atoms with Gasteiger partial charge in [0.2, 0.25) is 5.91 Å². The van der Waals surface area contributed by atoms with Crippen molar-refractivity contribution in [2.45, 2.75) is 44.6 Å². The topological polar surface area (TPSA) is 29.1 Å². The summed E-state index contributed by atoms with van der Waals surface area (Å²) in [6.45, 7) is 0.547. The first kappa shape index (κ1) is 17.3. The van der Waals surface area contributed by atoms with E-state index < -0.39 is 0 Å². The first-order valence-electron chi connectivity index (χ1n) is 8.41. The molecule has 1 amide bonds. The maximum atomic E-state index is 12.1. The summed E-state index contributed by atoms with van der Waals surface area (Å²) in [6, 6.07) is 13.9. The van der Waals surface area contributed by atoms with E-state index in [1.165, 1.54) is 31.2 Å². The zero-order valence-corrected chi connectivity index (χ0v) is 15.0. The first-order valence-corrected chi connectivity index (χ1v) is 9.17. The zero-order chi connectivity index (χ0) is 16.9. The second-order valence-corrected chi connectivity index (χ2v) is 7.24. The molecule has 126 valence electrons. The molecule has 0 heterocycles. The summed E-state index contributed by atoms with van der Waals surface area (Å²) in [5.41, 5.74) is 3.41. The minimum absolute atomic E-state index is 0.0201. The predicted molar refractivity (Wildman–Crippen MR) is 99.7 cm³/mol. The first-order chi connectivity index (χ1) is 11.6. The SMILES string of the molecule is O=C(Cc1ccc(Cl)c(Cl)c1)NCc1ccc(C2CCCC2)cc1. The molecule has 24 heavy (non-hydrogen) atoms. The van der Waals surface area contributed by atoms with Gasteiger partial charge in [0.25, 0.3) is 0 Å². The van der Waals surface area contributed by atoms with Gasteiger partial charge in [0.15, 0.2) is 0 Å². The van der Waals surface area contributed by atoms with Crippen LogP contribution in [0.3, 0.4) is 0 Å². The second-order valence-electron chi connectivity index (χ2n) is 6.42. The van der Waals surface area contributed by atoms with Gasteiger partial charge in [0.1, 0.15) is 0 Å². The van der Waals surface area contributed by atoms with Crippen LogP contribution >= 0.6 is 23.2 Å². The largest absolute Gasteiger partial charge is 0.352 e. The number of halogens is 2. The van der Waals surface area contributed by atoms with Crippen LogP contribution in [-0.2, 0) is 17.8 Å². The van der Waals surface area contributed by atoms with Crippen LogP contribution in [0.2, 0.25) is 10.0 Å². The van der Waals surface area contributed by atoms with Gasteiger partial charge in [-0.2, -0.15) is 0 Å². The van der Waals surface area contributed by atoms with E-state index in [9.17, 15) is 4.79 Å². The summed E-state index contributed by atoms with van der Waals surface area (Å²) < 4.78 is 0. The summed E-state index contributed by atoms with van der Waals surface area (Å²) >= 11 is 11.9. The van der Waals surface area contributed by atoms with E-state index in [1.807, 2.05) is 6.07 Å². The van der Waals surface area contributed by atoms with Gasteiger partial charge >= 0.3 is 0 Å². The molecule has 0 aromatic heterocycles. The highest BCUT2D eigenvalue weighted by atomic mass is 35.5. The lowest BCUT2D eigenvalue weighted by Gasteiger charge is -2.11. The van der Waals surface area contributed by atoms with Gasteiger partial charge in [-0.25, -0.2) is 0 Å². The van der Waals surface area contributed by atoms with E-state index in [2.05, 4.69) is 29.6 Å². The van der Waals surface area contributed by atoms with E-state index in [-0.39, 0.29) is 5.91 Å². The van der Waals surface area contributed by atoms with Crippen LogP contribution in [0.1, 0.15) is 48.3 Å². The molecule has 0 bridgehead atoms. The minimum Gasteiger partial charge on any atom is -0.352 e. The van der Waals surface area contributed by atoms with Crippen LogP contribution in [0, 0.1) is 0 Å². The van der Waals surface area contributed by atoms with E-state index in [0.717, 1.165) is 17.0 Å². The number of amides is 1. The van der Waals surface area contributed by atoms with Crippen molar-refractivity contribution < 1.29 is 4.79 Å². The molecule has 0 saturated heterocycles. The zero-order valence-electron chi connectivity index (χ0n) is 13.5. The average Bonchev–Trinajstić information content (AvgIpc) is 3.11. The van der Waals surface area contributed by atoms with Crippen molar-refractivity contribution in [2.75, 3.05) is 0 Å². The Hall–Kier alpha value is -1.51. The molecule has 0 radical (unpaired) electrons. The van der Waals surface area contributed by atoms with Gasteiger partial charge in [-0.05, 0) is 47.6 Å². The lowest BCUT2D eigenvalue weighted by molar-refractivity contribution is -0.120. The molecule has 0 aliphatic heterocycles. The van der Waals surface area contributed by atoms with Crippen LogP contribution in [-0.4, -0.2) is 5.91 Å².